The number of hydrogen-bond donors (Lipinski definition) is 4. The second kappa shape index (κ2) is 9.49. The van der Waals surface area contributed by atoms with E-state index in [1.54, 1.807) is 0 Å². The maximum absolute atomic E-state index is 12.1. The van der Waals surface area contributed by atoms with Gasteiger partial charge in [0.15, 0.2) is 5.96 Å². The van der Waals surface area contributed by atoms with Crippen LogP contribution in [-0.2, 0) is 11.2 Å². The van der Waals surface area contributed by atoms with Crippen LogP contribution in [-0.4, -0.2) is 48.0 Å². The Balaban J connectivity index is 0.000000412. The third kappa shape index (κ3) is 6.87. The predicted octanol–water partition coefficient (Wildman–Crippen LogP) is 1.97. The van der Waals surface area contributed by atoms with E-state index < -0.39 is 18.8 Å². The van der Waals surface area contributed by atoms with Gasteiger partial charge in [0.25, 0.3) is 0 Å². The van der Waals surface area contributed by atoms with E-state index in [2.05, 4.69) is 9.98 Å². The standard InChI is InChI=1S/C13H17FN4O.C2HF3O2/c14-4-6-19-10-1-2-12-11(7-10)9(8-18-12)3-5-17-13(15)16;3-2(4,5)1(6)7/h1-2,7-8,18H,3-6H2,(H4,15,16,17);(H,6,7). The maximum atomic E-state index is 12.1. The van der Waals surface area contributed by atoms with Crippen LogP contribution in [0.1, 0.15) is 5.56 Å². The fraction of sp³-hybridized carbons (Fsp3) is 0.333. The minimum absolute atomic E-state index is 0.0687. The lowest BCUT2D eigenvalue weighted by Crippen LogP contribution is -2.23. The van der Waals surface area contributed by atoms with Crippen LogP contribution in [0, 0.1) is 0 Å². The third-order valence-electron chi connectivity index (χ3n) is 3.00. The van der Waals surface area contributed by atoms with Crippen LogP contribution < -0.4 is 16.2 Å². The van der Waals surface area contributed by atoms with Crippen molar-refractivity contribution >= 4 is 22.8 Å². The van der Waals surface area contributed by atoms with Crippen molar-refractivity contribution in [3.8, 4) is 5.75 Å². The number of H-pyrrole nitrogens is 1. The lowest BCUT2D eigenvalue weighted by molar-refractivity contribution is -0.192. The highest BCUT2D eigenvalue weighted by molar-refractivity contribution is 5.84. The average molecular weight is 378 g/mol. The topological polar surface area (TPSA) is 127 Å². The molecule has 0 aliphatic carbocycles. The van der Waals surface area contributed by atoms with Gasteiger partial charge in [0, 0.05) is 23.6 Å². The molecule has 0 saturated heterocycles. The van der Waals surface area contributed by atoms with E-state index in [0.717, 1.165) is 22.9 Å². The first-order chi connectivity index (χ1) is 12.1. The zero-order valence-electron chi connectivity index (χ0n) is 13.5. The van der Waals surface area contributed by atoms with E-state index in [1.165, 1.54) is 0 Å². The third-order valence-corrected chi connectivity index (χ3v) is 3.00. The van der Waals surface area contributed by atoms with Crippen molar-refractivity contribution in [1.29, 1.82) is 0 Å². The van der Waals surface area contributed by atoms with Crippen molar-refractivity contribution in [3.05, 3.63) is 30.0 Å². The molecule has 1 aromatic carbocycles. The van der Waals surface area contributed by atoms with Gasteiger partial charge < -0.3 is 26.3 Å². The van der Waals surface area contributed by atoms with Crippen molar-refractivity contribution in [2.45, 2.75) is 12.6 Å². The number of nitrogens with two attached hydrogens (primary N) is 2. The molecule has 7 nitrogen and oxygen atoms in total. The first kappa shape index (κ1) is 21.1. The molecule has 0 unspecified atom stereocenters. The number of benzene rings is 1. The molecule has 144 valence electrons. The number of carbonyl (C=O) groups is 1. The summed E-state index contributed by atoms with van der Waals surface area (Å²) in [5, 5.41) is 8.17. The summed E-state index contributed by atoms with van der Waals surface area (Å²) >= 11 is 0. The summed E-state index contributed by atoms with van der Waals surface area (Å²) in [6, 6.07) is 5.62. The molecule has 0 atom stereocenters. The summed E-state index contributed by atoms with van der Waals surface area (Å²) in [6.07, 6.45) is -2.43. The molecule has 0 fully saturated rings. The van der Waals surface area contributed by atoms with Gasteiger partial charge in [-0.1, -0.05) is 0 Å². The molecule has 0 bridgehead atoms. The monoisotopic (exact) mass is 378 g/mol. The number of alkyl halides is 4. The molecule has 0 aliphatic rings. The molecule has 0 saturated carbocycles. The molecule has 1 heterocycles. The molecule has 2 rings (SSSR count). The van der Waals surface area contributed by atoms with Gasteiger partial charge in [-0.2, -0.15) is 13.2 Å². The second-order valence-electron chi connectivity index (χ2n) is 4.92. The summed E-state index contributed by atoms with van der Waals surface area (Å²) in [7, 11) is 0. The molecule has 0 radical (unpaired) electrons. The van der Waals surface area contributed by atoms with E-state index >= 15 is 0 Å². The van der Waals surface area contributed by atoms with Crippen molar-refractivity contribution in [3.63, 3.8) is 0 Å². The van der Waals surface area contributed by atoms with E-state index in [0.29, 0.717) is 12.3 Å². The summed E-state index contributed by atoms with van der Waals surface area (Å²) in [5.74, 6) is -2.01. The van der Waals surface area contributed by atoms with Gasteiger partial charge in [-0.25, -0.2) is 9.18 Å². The molecule has 0 aliphatic heterocycles. The summed E-state index contributed by atoms with van der Waals surface area (Å²) in [4.78, 5) is 16.0. The number of guanidine groups is 1. The lowest BCUT2D eigenvalue weighted by Gasteiger charge is -2.04. The number of nitrogens with one attached hydrogen (secondary N) is 1. The molecular weight excluding hydrogens is 360 g/mol. The number of carboxylic acid groups (broad SMARTS) is 1. The van der Waals surface area contributed by atoms with Crippen molar-refractivity contribution < 1.29 is 32.2 Å². The molecule has 11 heteroatoms. The highest BCUT2D eigenvalue weighted by atomic mass is 19.4. The SMILES string of the molecule is NC(N)=NCCc1c[nH]c2ccc(OCCF)cc12.O=C(O)C(F)(F)F. The Kier molecular flexibility index (Phi) is 7.69. The highest BCUT2D eigenvalue weighted by Gasteiger charge is 2.38. The zero-order valence-corrected chi connectivity index (χ0v) is 13.5. The van der Waals surface area contributed by atoms with Gasteiger partial charge in [0.1, 0.15) is 19.0 Å². The molecule has 0 amide bonds. The van der Waals surface area contributed by atoms with Crippen molar-refractivity contribution in [2.75, 3.05) is 19.8 Å². The van der Waals surface area contributed by atoms with Crippen molar-refractivity contribution in [2.24, 2.45) is 16.5 Å². The van der Waals surface area contributed by atoms with Crippen LogP contribution in [0.15, 0.2) is 29.4 Å². The Labute approximate surface area is 145 Å². The van der Waals surface area contributed by atoms with Crippen LogP contribution in [0.25, 0.3) is 10.9 Å². The Morgan fingerprint density at radius 2 is 1.96 bits per heavy atom. The van der Waals surface area contributed by atoms with Crippen LogP contribution in [0.3, 0.4) is 0 Å². The number of nitrogens with zero attached hydrogens (tertiary/aromatic N) is 1. The Hall–Kier alpha value is -2.98. The van der Waals surface area contributed by atoms with Gasteiger partial charge in [0.05, 0.1) is 0 Å². The number of aliphatic imine (C=N–C) groups is 1. The molecule has 1 aromatic heterocycles. The number of ether oxygens (including phenoxy) is 1. The van der Waals surface area contributed by atoms with Crippen LogP contribution >= 0.6 is 0 Å². The normalized spacial score (nSPS) is 10.8. The fourth-order valence-electron chi connectivity index (χ4n) is 1.92. The van der Waals surface area contributed by atoms with Gasteiger partial charge in [-0.15, -0.1) is 0 Å². The van der Waals surface area contributed by atoms with Gasteiger partial charge in [-0.3, -0.25) is 4.99 Å². The minimum atomic E-state index is -5.08. The number of fused-ring (bicyclic) bond motifs is 1. The van der Waals surface area contributed by atoms with E-state index in [-0.39, 0.29) is 12.6 Å². The number of hydrogen-bond acceptors (Lipinski definition) is 3. The lowest BCUT2D eigenvalue weighted by atomic mass is 10.1. The number of carboxylic acids is 1. The van der Waals surface area contributed by atoms with Crippen LogP contribution in [0.4, 0.5) is 17.6 Å². The molecule has 6 N–H and O–H groups in total. The Morgan fingerprint density at radius 3 is 2.50 bits per heavy atom. The van der Waals surface area contributed by atoms with Gasteiger partial charge in [-0.05, 0) is 30.2 Å². The number of aromatic amines is 1. The van der Waals surface area contributed by atoms with Gasteiger partial charge in [0.2, 0.25) is 0 Å². The number of aromatic nitrogens is 1. The quantitative estimate of drug-likeness (QED) is 0.347. The average Bonchev–Trinajstić information content (AvgIpc) is 2.95. The van der Waals surface area contributed by atoms with E-state index in [1.807, 2.05) is 24.4 Å². The van der Waals surface area contributed by atoms with Gasteiger partial charge >= 0.3 is 12.1 Å². The minimum Gasteiger partial charge on any atom is -0.491 e. The molecule has 26 heavy (non-hydrogen) atoms. The Bertz CT molecular complexity index is 755. The summed E-state index contributed by atoms with van der Waals surface area (Å²) in [5.41, 5.74) is 12.7. The zero-order chi connectivity index (χ0) is 19.7. The first-order valence-corrected chi connectivity index (χ1v) is 7.29. The first-order valence-electron chi connectivity index (χ1n) is 7.29. The largest absolute Gasteiger partial charge is 0.491 e. The number of aliphatic carboxylic acids is 1. The van der Waals surface area contributed by atoms with E-state index in [4.69, 9.17) is 26.1 Å². The summed E-state index contributed by atoms with van der Waals surface area (Å²) in [6.45, 7) is 0.104. The smallest absolute Gasteiger partial charge is 0.490 e. The number of rotatable bonds is 6. The van der Waals surface area contributed by atoms with E-state index in [9.17, 15) is 17.6 Å². The fourth-order valence-corrected chi connectivity index (χ4v) is 1.92. The predicted molar refractivity (Wildman–Crippen MR) is 87.8 cm³/mol. The number of halogens is 4. The van der Waals surface area contributed by atoms with Crippen molar-refractivity contribution in [1.82, 2.24) is 4.98 Å². The molecular formula is C15H18F4N4O3. The van der Waals surface area contributed by atoms with Crippen LogP contribution in [0.5, 0.6) is 5.75 Å². The Morgan fingerprint density at radius 1 is 1.31 bits per heavy atom. The summed E-state index contributed by atoms with van der Waals surface area (Å²) < 4.78 is 49.1. The maximum Gasteiger partial charge on any atom is 0.490 e. The second-order valence-corrected chi connectivity index (χ2v) is 4.92. The molecule has 0 spiro atoms. The highest BCUT2D eigenvalue weighted by Crippen LogP contribution is 2.24. The molecule has 2 aromatic rings. The van der Waals surface area contributed by atoms with Crippen LogP contribution in [0.2, 0.25) is 0 Å².